The van der Waals surface area contributed by atoms with Gasteiger partial charge in [0.1, 0.15) is 0 Å². The van der Waals surface area contributed by atoms with Gasteiger partial charge >= 0.3 is 0 Å². The molecule has 1 heterocycles. The van der Waals surface area contributed by atoms with Crippen molar-refractivity contribution in [3.8, 4) is 0 Å². The topological polar surface area (TPSA) is 38.0 Å². The third kappa shape index (κ3) is 3.30. The van der Waals surface area contributed by atoms with Crippen molar-refractivity contribution in [3.05, 3.63) is 55.7 Å². The third-order valence-corrected chi connectivity index (χ3v) is 4.93. The van der Waals surface area contributed by atoms with E-state index in [2.05, 4.69) is 23.8 Å². The summed E-state index contributed by atoms with van der Waals surface area (Å²) >= 11 is 14.1. The first-order valence-electron chi connectivity index (χ1n) is 6.12. The van der Waals surface area contributed by atoms with Crippen LogP contribution in [0.2, 0.25) is 10.0 Å². The van der Waals surface area contributed by atoms with Gasteiger partial charge in [-0.15, -0.1) is 11.3 Å². The Balaban J connectivity index is 2.29. The summed E-state index contributed by atoms with van der Waals surface area (Å²) in [5.74, 6) is 5.71. The van der Waals surface area contributed by atoms with Crippen LogP contribution in [0.25, 0.3) is 0 Å². The smallest absolute Gasteiger partial charge is 0.0597 e. The van der Waals surface area contributed by atoms with Gasteiger partial charge in [-0.25, -0.2) is 0 Å². The van der Waals surface area contributed by atoms with Gasteiger partial charge in [-0.3, -0.25) is 11.3 Å². The fourth-order valence-electron chi connectivity index (χ4n) is 2.10. The quantitative estimate of drug-likeness (QED) is 0.635. The summed E-state index contributed by atoms with van der Waals surface area (Å²) in [6.07, 6.45) is 1.68. The second kappa shape index (κ2) is 6.73. The van der Waals surface area contributed by atoms with Crippen molar-refractivity contribution in [3.63, 3.8) is 0 Å². The van der Waals surface area contributed by atoms with Crippen LogP contribution in [-0.2, 0) is 12.8 Å². The van der Waals surface area contributed by atoms with Crippen LogP contribution in [0.3, 0.4) is 0 Å². The molecule has 2 rings (SSSR count). The number of hydrazine groups is 1. The molecule has 5 heteroatoms. The van der Waals surface area contributed by atoms with Crippen molar-refractivity contribution in [1.29, 1.82) is 0 Å². The lowest BCUT2D eigenvalue weighted by Gasteiger charge is -2.18. The Morgan fingerprint density at radius 2 is 1.95 bits per heavy atom. The lowest BCUT2D eigenvalue weighted by molar-refractivity contribution is 0.557. The molecule has 0 bridgehead atoms. The van der Waals surface area contributed by atoms with Gasteiger partial charge in [0.25, 0.3) is 0 Å². The Bertz CT molecular complexity index is 534. The maximum Gasteiger partial charge on any atom is 0.0597 e. The lowest BCUT2D eigenvalue weighted by atomic mass is 10.0. The highest BCUT2D eigenvalue weighted by Crippen LogP contribution is 2.32. The van der Waals surface area contributed by atoms with E-state index >= 15 is 0 Å². The van der Waals surface area contributed by atoms with Gasteiger partial charge in [0, 0.05) is 14.9 Å². The van der Waals surface area contributed by atoms with Gasteiger partial charge < -0.3 is 0 Å². The SMILES string of the molecule is CCc1ccsc1C(Cc1c(Cl)cccc1Cl)NN. The van der Waals surface area contributed by atoms with E-state index in [4.69, 9.17) is 29.0 Å². The number of benzene rings is 1. The normalized spacial score (nSPS) is 12.6. The average molecular weight is 315 g/mol. The minimum Gasteiger partial charge on any atom is -0.271 e. The van der Waals surface area contributed by atoms with E-state index in [1.165, 1.54) is 10.4 Å². The first-order chi connectivity index (χ1) is 9.17. The van der Waals surface area contributed by atoms with Gasteiger partial charge in [-0.05, 0) is 47.5 Å². The molecule has 1 aromatic heterocycles. The van der Waals surface area contributed by atoms with Gasteiger partial charge in [0.05, 0.1) is 6.04 Å². The van der Waals surface area contributed by atoms with E-state index in [1.54, 1.807) is 11.3 Å². The summed E-state index contributed by atoms with van der Waals surface area (Å²) < 4.78 is 0. The summed E-state index contributed by atoms with van der Waals surface area (Å²) in [6, 6.07) is 7.73. The van der Waals surface area contributed by atoms with Crippen molar-refractivity contribution in [1.82, 2.24) is 5.43 Å². The van der Waals surface area contributed by atoms with Gasteiger partial charge in [0.15, 0.2) is 0 Å². The van der Waals surface area contributed by atoms with Crippen LogP contribution in [0.5, 0.6) is 0 Å². The predicted molar refractivity (Wildman–Crippen MR) is 83.9 cm³/mol. The number of nitrogens with one attached hydrogen (secondary N) is 1. The standard InChI is InChI=1S/C14H16Cl2N2S/c1-2-9-6-7-19-14(9)13(18-17)8-10-11(15)4-3-5-12(10)16/h3-7,13,18H,2,8,17H2,1H3. The molecule has 3 N–H and O–H groups in total. The zero-order chi connectivity index (χ0) is 13.8. The van der Waals surface area contributed by atoms with E-state index in [1.807, 2.05) is 18.2 Å². The molecule has 0 saturated heterocycles. The lowest BCUT2D eigenvalue weighted by Crippen LogP contribution is -2.29. The van der Waals surface area contributed by atoms with Gasteiger partial charge in [-0.1, -0.05) is 36.2 Å². The molecule has 0 aliphatic rings. The van der Waals surface area contributed by atoms with E-state index in [0.717, 1.165) is 12.0 Å². The molecule has 0 aliphatic heterocycles. The second-order valence-electron chi connectivity index (χ2n) is 4.29. The Morgan fingerprint density at radius 3 is 2.53 bits per heavy atom. The first-order valence-corrected chi connectivity index (χ1v) is 7.76. The molecule has 0 spiro atoms. The fourth-order valence-corrected chi connectivity index (χ4v) is 3.71. The van der Waals surface area contributed by atoms with Crippen molar-refractivity contribution >= 4 is 34.5 Å². The number of halogens is 2. The summed E-state index contributed by atoms with van der Waals surface area (Å²) in [7, 11) is 0. The highest BCUT2D eigenvalue weighted by atomic mass is 35.5. The Hall–Kier alpha value is -0.580. The van der Waals surface area contributed by atoms with Crippen molar-refractivity contribution in [2.75, 3.05) is 0 Å². The van der Waals surface area contributed by atoms with Crippen molar-refractivity contribution < 1.29 is 0 Å². The Labute approximate surface area is 127 Å². The monoisotopic (exact) mass is 314 g/mol. The number of hydrogen-bond donors (Lipinski definition) is 2. The molecule has 19 heavy (non-hydrogen) atoms. The van der Waals surface area contributed by atoms with Crippen molar-refractivity contribution in [2.45, 2.75) is 25.8 Å². The maximum absolute atomic E-state index is 6.22. The molecule has 0 amide bonds. The van der Waals surface area contributed by atoms with Gasteiger partial charge in [-0.2, -0.15) is 0 Å². The van der Waals surface area contributed by atoms with E-state index in [-0.39, 0.29) is 6.04 Å². The van der Waals surface area contributed by atoms with Crippen LogP contribution < -0.4 is 11.3 Å². The summed E-state index contributed by atoms with van der Waals surface area (Å²) in [6.45, 7) is 2.14. The summed E-state index contributed by atoms with van der Waals surface area (Å²) in [5, 5.41) is 3.46. The molecule has 102 valence electrons. The number of rotatable bonds is 5. The molecule has 0 fully saturated rings. The molecule has 1 atom stereocenters. The molecule has 0 radical (unpaired) electrons. The van der Waals surface area contributed by atoms with Crippen LogP contribution in [0.15, 0.2) is 29.6 Å². The van der Waals surface area contributed by atoms with Crippen LogP contribution in [0.4, 0.5) is 0 Å². The largest absolute Gasteiger partial charge is 0.271 e. The number of aryl methyl sites for hydroxylation is 1. The average Bonchev–Trinajstić information content (AvgIpc) is 2.87. The van der Waals surface area contributed by atoms with Crippen LogP contribution >= 0.6 is 34.5 Å². The number of nitrogens with two attached hydrogens (primary N) is 1. The Morgan fingerprint density at radius 1 is 1.26 bits per heavy atom. The fraction of sp³-hybridized carbons (Fsp3) is 0.286. The minimum atomic E-state index is 0.0346. The third-order valence-electron chi connectivity index (χ3n) is 3.15. The Kier molecular flexibility index (Phi) is 5.25. The molecule has 1 unspecified atom stereocenters. The van der Waals surface area contributed by atoms with E-state index < -0.39 is 0 Å². The van der Waals surface area contributed by atoms with Crippen LogP contribution in [0.1, 0.15) is 29.0 Å². The van der Waals surface area contributed by atoms with E-state index in [0.29, 0.717) is 16.5 Å². The zero-order valence-electron chi connectivity index (χ0n) is 10.6. The maximum atomic E-state index is 6.22. The van der Waals surface area contributed by atoms with Crippen LogP contribution in [0, 0.1) is 0 Å². The van der Waals surface area contributed by atoms with E-state index in [9.17, 15) is 0 Å². The second-order valence-corrected chi connectivity index (χ2v) is 6.05. The summed E-state index contributed by atoms with van der Waals surface area (Å²) in [5.41, 5.74) is 5.13. The zero-order valence-corrected chi connectivity index (χ0v) is 12.9. The molecular formula is C14H16Cl2N2S. The first kappa shape index (κ1) is 14.8. The minimum absolute atomic E-state index is 0.0346. The van der Waals surface area contributed by atoms with Crippen LogP contribution in [-0.4, -0.2) is 0 Å². The number of thiophene rings is 1. The predicted octanol–water partition coefficient (Wildman–Crippen LogP) is 4.36. The highest BCUT2D eigenvalue weighted by molar-refractivity contribution is 7.10. The molecule has 2 aromatic rings. The highest BCUT2D eigenvalue weighted by Gasteiger charge is 2.18. The number of hydrogen-bond acceptors (Lipinski definition) is 3. The molecular weight excluding hydrogens is 299 g/mol. The van der Waals surface area contributed by atoms with Gasteiger partial charge in [0.2, 0.25) is 0 Å². The van der Waals surface area contributed by atoms with Crippen molar-refractivity contribution in [2.24, 2.45) is 5.84 Å². The molecule has 2 nitrogen and oxygen atoms in total. The molecule has 0 aliphatic carbocycles. The molecule has 0 saturated carbocycles. The summed E-state index contributed by atoms with van der Waals surface area (Å²) in [4.78, 5) is 1.25. The molecule has 1 aromatic carbocycles.